The highest BCUT2D eigenvalue weighted by Gasteiger charge is 2.23. The predicted octanol–water partition coefficient (Wildman–Crippen LogP) is 2.70. The quantitative estimate of drug-likeness (QED) is 0.668. The molecule has 8 nitrogen and oxygen atoms in total. The topological polar surface area (TPSA) is 100.0 Å². The molecule has 156 valence electrons. The van der Waals surface area contributed by atoms with Crippen LogP contribution in [0.2, 0.25) is 0 Å². The van der Waals surface area contributed by atoms with Gasteiger partial charge in [-0.05, 0) is 30.5 Å². The van der Waals surface area contributed by atoms with Crippen molar-refractivity contribution < 1.29 is 5.11 Å². The van der Waals surface area contributed by atoms with E-state index in [0.717, 1.165) is 43.0 Å². The van der Waals surface area contributed by atoms with Gasteiger partial charge in [-0.3, -0.25) is 0 Å². The third kappa shape index (κ3) is 4.23. The highest BCUT2D eigenvalue weighted by Crippen LogP contribution is 2.31. The molecule has 2 aromatic heterocycles. The summed E-state index contributed by atoms with van der Waals surface area (Å²) >= 11 is 0. The zero-order chi connectivity index (χ0) is 21.1. The second-order valence-corrected chi connectivity index (χ2v) is 7.87. The number of phenolic OH excluding ortho intramolecular Hbond substituents is 1. The lowest BCUT2D eigenvalue weighted by Gasteiger charge is -2.35. The molecular formula is C22H27N7O. The summed E-state index contributed by atoms with van der Waals surface area (Å²) in [6.45, 7) is 9.07. The fourth-order valence-electron chi connectivity index (χ4n) is 3.60. The first-order chi connectivity index (χ1) is 14.5. The molecule has 1 fully saturated rings. The van der Waals surface area contributed by atoms with Crippen LogP contribution in [0.25, 0.3) is 22.5 Å². The number of rotatable bonds is 5. The Morgan fingerprint density at radius 3 is 2.70 bits per heavy atom. The zero-order valence-electron chi connectivity index (χ0n) is 17.6. The molecule has 0 spiro atoms. The molecule has 1 aromatic carbocycles. The van der Waals surface area contributed by atoms with Gasteiger partial charge in [-0.15, -0.1) is 10.2 Å². The zero-order valence-corrected chi connectivity index (χ0v) is 17.6. The van der Waals surface area contributed by atoms with Crippen LogP contribution in [0.5, 0.6) is 5.75 Å². The minimum atomic E-state index is 0.120. The fourth-order valence-corrected chi connectivity index (χ4v) is 3.60. The van der Waals surface area contributed by atoms with Gasteiger partial charge in [0.15, 0.2) is 0 Å². The molecule has 1 unspecified atom stereocenters. The van der Waals surface area contributed by atoms with Gasteiger partial charge in [0.05, 0.1) is 11.9 Å². The van der Waals surface area contributed by atoms with Crippen LogP contribution in [-0.4, -0.2) is 55.9 Å². The number of phenols is 1. The van der Waals surface area contributed by atoms with Crippen LogP contribution >= 0.6 is 0 Å². The van der Waals surface area contributed by atoms with Crippen LogP contribution < -0.4 is 10.2 Å². The summed E-state index contributed by atoms with van der Waals surface area (Å²) in [6, 6.07) is 7.77. The predicted molar refractivity (Wildman–Crippen MR) is 116 cm³/mol. The average Bonchev–Trinajstić information content (AvgIpc) is 2.79. The largest absolute Gasteiger partial charge is 0.507 e. The lowest BCUT2D eigenvalue weighted by atomic mass is 10.0. The molecular weight excluding hydrogens is 378 g/mol. The number of aromatic hydroxyl groups is 1. The molecule has 3 heterocycles. The minimum absolute atomic E-state index is 0.120. The molecule has 0 saturated carbocycles. The highest BCUT2D eigenvalue weighted by molar-refractivity contribution is 5.72. The monoisotopic (exact) mass is 405 g/mol. The Bertz CT molecular complexity index is 1010. The number of anilines is 1. The van der Waals surface area contributed by atoms with E-state index in [1.807, 2.05) is 25.1 Å². The standard InChI is InChI=1S/C22H27N7O/c1-4-16-10-18(26-13-25-16)15-5-6-17(21(30)9-15)19-11-24-22(28-27-19)29-8-7-23-20(12-29)14(2)3/h5-6,9-11,13-14,20,23,30H,4,7-8,12H2,1-3H3. The Kier molecular flexibility index (Phi) is 5.85. The van der Waals surface area contributed by atoms with E-state index in [4.69, 9.17) is 0 Å². The van der Waals surface area contributed by atoms with Gasteiger partial charge in [0.25, 0.3) is 0 Å². The van der Waals surface area contributed by atoms with E-state index in [1.54, 1.807) is 18.6 Å². The summed E-state index contributed by atoms with van der Waals surface area (Å²) in [7, 11) is 0. The molecule has 1 saturated heterocycles. The van der Waals surface area contributed by atoms with Crippen molar-refractivity contribution in [1.29, 1.82) is 0 Å². The van der Waals surface area contributed by atoms with Gasteiger partial charge in [0.2, 0.25) is 5.95 Å². The molecule has 0 amide bonds. The van der Waals surface area contributed by atoms with Crippen molar-refractivity contribution in [1.82, 2.24) is 30.5 Å². The minimum Gasteiger partial charge on any atom is -0.507 e. The van der Waals surface area contributed by atoms with E-state index in [-0.39, 0.29) is 5.75 Å². The summed E-state index contributed by atoms with van der Waals surface area (Å²) in [5.74, 6) is 1.28. The molecule has 0 aliphatic carbocycles. The van der Waals surface area contributed by atoms with E-state index in [2.05, 4.69) is 49.2 Å². The lowest BCUT2D eigenvalue weighted by molar-refractivity contribution is 0.365. The Labute approximate surface area is 176 Å². The molecule has 0 radical (unpaired) electrons. The number of hydrogen-bond donors (Lipinski definition) is 2. The van der Waals surface area contributed by atoms with E-state index in [0.29, 0.717) is 29.2 Å². The third-order valence-electron chi connectivity index (χ3n) is 5.50. The van der Waals surface area contributed by atoms with Gasteiger partial charge in [-0.1, -0.05) is 26.8 Å². The van der Waals surface area contributed by atoms with Crippen molar-refractivity contribution in [3.05, 3.63) is 42.5 Å². The van der Waals surface area contributed by atoms with Gasteiger partial charge in [0, 0.05) is 42.5 Å². The first-order valence-electron chi connectivity index (χ1n) is 10.4. The van der Waals surface area contributed by atoms with Crippen molar-refractivity contribution in [2.24, 2.45) is 5.92 Å². The summed E-state index contributed by atoms with van der Waals surface area (Å²) in [5.41, 5.74) is 3.70. The maximum Gasteiger partial charge on any atom is 0.245 e. The third-order valence-corrected chi connectivity index (χ3v) is 5.50. The lowest BCUT2D eigenvalue weighted by Crippen LogP contribution is -2.53. The molecule has 0 bridgehead atoms. The SMILES string of the molecule is CCc1cc(-c2ccc(-c3cnc(N4CCNC(C(C)C)C4)nn3)c(O)c2)ncn1. The van der Waals surface area contributed by atoms with Crippen LogP contribution in [0.1, 0.15) is 26.5 Å². The Balaban J connectivity index is 1.54. The number of benzene rings is 1. The number of nitrogens with zero attached hydrogens (tertiary/aromatic N) is 6. The van der Waals surface area contributed by atoms with E-state index < -0.39 is 0 Å². The van der Waals surface area contributed by atoms with Crippen LogP contribution in [-0.2, 0) is 6.42 Å². The van der Waals surface area contributed by atoms with E-state index >= 15 is 0 Å². The van der Waals surface area contributed by atoms with Crippen LogP contribution in [0.15, 0.2) is 36.8 Å². The maximum absolute atomic E-state index is 10.6. The maximum atomic E-state index is 10.6. The smallest absolute Gasteiger partial charge is 0.245 e. The van der Waals surface area contributed by atoms with Crippen LogP contribution in [0.3, 0.4) is 0 Å². The molecule has 1 atom stereocenters. The van der Waals surface area contributed by atoms with Crippen LogP contribution in [0, 0.1) is 5.92 Å². The van der Waals surface area contributed by atoms with Crippen LogP contribution in [0.4, 0.5) is 5.95 Å². The molecule has 1 aliphatic heterocycles. The number of aryl methyl sites for hydroxylation is 1. The van der Waals surface area contributed by atoms with Crippen molar-refractivity contribution in [3.63, 3.8) is 0 Å². The van der Waals surface area contributed by atoms with E-state index in [9.17, 15) is 5.11 Å². The van der Waals surface area contributed by atoms with Crippen molar-refractivity contribution in [3.8, 4) is 28.3 Å². The first-order valence-corrected chi connectivity index (χ1v) is 10.4. The van der Waals surface area contributed by atoms with Gasteiger partial charge in [0.1, 0.15) is 17.8 Å². The molecule has 30 heavy (non-hydrogen) atoms. The summed E-state index contributed by atoms with van der Waals surface area (Å²) in [6.07, 6.45) is 4.05. The Morgan fingerprint density at radius 2 is 2.00 bits per heavy atom. The molecule has 4 rings (SSSR count). The molecule has 8 heteroatoms. The van der Waals surface area contributed by atoms with Gasteiger partial charge < -0.3 is 15.3 Å². The summed E-state index contributed by atoms with van der Waals surface area (Å²) < 4.78 is 0. The normalized spacial score (nSPS) is 16.8. The number of aromatic nitrogens is 5. The first kappa shape index (κ1) is 20.2. The molecule has 2 N–H and O–H groups in total. The van der Waals surface area contributed by atoms with Crippen molar-refractivity contribution >= 4 is 5.95 Å². The van der Waals surface area contributed by atoms with Gasteiger partial charge in [-0.25, -0.2) is 15.0 Å². The molecule has 3 aromatic rings. The van der Waals surface area contributed by atoms with Gasteiger partial charge in [-0.2, -0.15) is 0 Å². The second-order valence-electron chi connectivity index (χ2n) is 7.87. The number of piperazine rings is 1. The van der Waals surface area contributed by atoms with Crippen molar-refractivity contribution in [2.45, 2.75) is 33.2 Å². The number of nitrogens with one attached hydrogen (secondary N) is 1. The Hall–Kier alpha value is -3.13. The fraction of sp³-hybridized carbons (Fsp3) is 0.409. The Morgan fingerprint density at radius 1 is 1.13 bits per heavy atom. The second kappa shape index (κ2) is 8.71. The molecule has 1 aliphatic rings. The average molecular weight is 406 g/mol. The summed E-state index contributed by atoms with van der Waals surface area (Å²) in [5, 5.41) is 22.8. The van der Waals surface area contributed by atoms with Gasteiger partial charge >= 0.3 is 0 Å². The highest BCUT2D eigenvalue weighted by atomic mass is 16.3. The van der Waals surface area contributed by atoms with Crippen molar-refractivity contribution in [2.75, 3.05) is 24.5 Å². The van der Waals surface area contributed by atoms with E-state index in [1.165, 1.54) is 0 Å². The summed E-state index contributed by atoms with van der Waals surface area (Å²) in [4.78, 5) is 15.2. The number of hydrogen-bond acceptors (Lipinski definition) is 8.